The van der Waals surface area contributed by atoms with Crippen LogP contribution in [-0.2, 0) is 11.3 Å². The third kappa shape index (κ3) is 2.91. The minimum absolute atomic E-state index is 0.0250. The van der Waals surface area contributed by atoms with E-state index in [4.69, 9.17) is 0 Å². The van der Waals surface area contributed by atoms with E-state index in [0.29, 0.717) is 11.5 Å². The molecule has 1 aliphatic carbocycles. The molecule has 4 heteroatoms. The zero-order chi connectivity index (χ0) is 15.5. The average molecular weight is 298 g/mol. The maximum Gasteiger partial charge on any atom is 0.240 e. The van der Waals surface area contributed by atoms with Crippen molar-refractivity contribution in [2.75, 3.05) is 0 Å². The minimum atomic E-state index is 0.0250. The highest BCUT2D eigenvalue weighted by Crippen LogP contribution is 2.24. The van der Waals surface area contributed by atoms with Gasteiger partial charge in [0.1, 0.15) is 6.54 Å². The highest BCUT2D eigenvalue weighted by atomic mass is 16.2. The van der Waals surface area contributed by atoms with Crippen molar-refractivity contribution in [3.8, 4) is 0 Å². The molecule has 1 N–H and O–H groups in total. The zero-order valence-electron chi connectivity index (χ0n) is 12.9. The van der Waals surface area contributed by atoms with Gasteiger partial charge in [-0.15, -0.1) is 0 Å². The smallest absolute Gasteiger partial charge is 0.240 e. The largest absolute Gasteiger partial charge is 0.352 e. The molecule has 0 spiro atoms. The van der Waals surface area contributed by atoms with Gasteiger partial charge >= 0.3 is 0 Å². The summed E-state index contributed by atoms with van der Waals surface area (Å²) >= 11 is 0. The molecule has 2 aromatic rings. The SMILES string of the molecule is CC1CCCCC1NC(=O)Cn1cc(C=O)c2ccccc21. The summed E-state index contributed by atoms with van der Waals surface area (Å²) in [4.78, 5) is 23.5. The van der Waals surface area contributed by atoms with Crippen LogP contribution in [0.4, 0.5) is 0 Å². The first-order valence-electron chi connectivity index (χ1n) is 8.01. The number of hydrogen-bond donors (Lipinski definition) is 1. The van der Waals surface area contributed by atoms with Crippen molar-refractivity contribution in [2.24, 2.45) is 5.92 Å². The molecule has 1 aromatic heterocycles. The van der Waals surface area contributed by atoms with E-state index in [2.05, 4.69) is 12.2 Å². The number of carbonyl (C=O) groups excluding carboxylic acids is 2. The van der Waals surface area contributed by atoms with E-state index in [1.807, 2.05) is 28.8 Å². The van der Waals surface area contributed by atoms with Crippen molar-refractivity contribution in [3.63, 3.8) is 0 Å². The number of aldehydes is 1. The molecule has 1 fully saturated rings. The van der Waals surface area contributed by atoms with Crippen molar-refractivity contribution >= 4 is 23.1 Å². The highest BCUT2D eigenvalue weighted by Gasteiger charge is 2.23. The van der Waals surface area contributed by atoms with Gasteiger partial charge in [-0.2, -0.15) is 0 Å². The van der Waals surface area contributed by atoms with Crippen LogP contribution < -0.4 is 5.32 Å². The van der Waals surface area contributed by atoms with Gasteiger partial charge < -0.3 is 9.88 Å². The van der Waals surface area contributed by atoms with Crippen molar-refractivity contribution in [1.82, 2.24) is 9.88 Å². The Hall–Kier alpha value is -2.10. The Morgan fingerprint density at radius 1 is 1.32 bits per heavy atom. The van der Waals surface area contributed by atoms with Crippen LogP contribution in [-0.4, -0.2) is 22.8 Å². The van der Waals surface area contributed by atoms with E-state index in [9.17, 15) is 9.59 Å². The Morgan fingerprint density at radius 2 is 2.09 bits per heavy atom. The quantitative estimate of drug-likeness (QED) is 0.882. The molecule has 1 amide bonds. The number of nitrogens with one attached hydrogen (secondary N) is 1. The van der Waals surface area contributed by atoms with Gasteiger partial charge in [0.15, 0.2) is 6.29 Å². The molecule has 1 aromatic carbocycles. The second kappa shape index (κ2) is 6.34. The first-order chi connectivity index (χ1) is 10.7. The van der Waals surface area contributed by atoms with Gasteiger partial charge in [0.05, 0.1) is 0 Å². The normalized spacial score (nSPS) is 21.7. The Kier molecular flexibility index (Phi) is 4.27. The summed E-state index contributed by atoms with van der Waals surface area (Å²) in [7, 11) is 0. The fourth-order valence-electron chi connectivity index (χ4n) is 3.44. The molecule has 0 aliphatic heterocycles. The number of fused-ring (bicyclic) bond motifs is 1. The lowest BCUT2D eigenvalue weighted by atomic mass is 9.86. The molecule has 1 aliphatic rings. The monoisotopic (exact) mass is 298 g/mol. The third-order valence-electron chi connectivity index (χ3n) is 4.72. The van der Waals surface area contributed by atoms with Gasteiger partial charge in [-0.25, -0.2) is 0 Å². The van der Waals surface area contributed by atoms with Crippen LogP contribution in [0.1, 0.15) is 43.0 Å². The fourth-order valence-corrected chi connectivity index (χ4v) is 3.44. The molecule has 1 saturated carbocycles. The van der Waals surface area contributed by atoms with Crippen molar-refractivity contribution < 1.29 is 9.59 Å². The van der Waals surface area contributed by atoms with Crippen molar-refractivity contribution in [2.45, 2.75) is 45.2 Å². The van der Waals surface area contributed by atoms with E-state index in [-0.39, 0.29) is 18.5 Å². The van der Waals surface area contributed by atoms with E-state index in [1.165, 1.54) is 19.3 Å². The summed E-state index contributed by atoms with van der Waals surface area (Å²) in [6.45, 7) is 2.47. The second-order valence-electron chi connectivity index (χ2n) is 6.28. The standard InChI is InChI=1S/C18H22N2O2/c1-13-6-2-4-8-16(13)19-18(22)11-20-10-14(12-21)15-7-3-5-9-17(15)20/h3,5,7,9-10,12-13,16H,2,4,6,8,11H2,1H3,(H,19,22). The molecule has 2 atom stereocenters. The minimum Gasteiger partial charge on any atom is -0.352 e. The van der Waals surface area contributed by atoms with Crippen molar-refractivity contribution in [1.29, 1.82) is 0 Å². The van der Waals surface area contributed by atoms with Crippen LogP contribution in [0.15, 0.2) is 30.5 Å². The first kappa shape index (κ1) is 14.8. The Morgan fingerprint density at radius 3 is 2.86 bits per heavy atom. The first-order valence-corrected chi connectivity index (χ1v) is 8.01. The Balaban J connectivity index is 1.75. The van der Waals surface area contributed by atoms with Crippen LogP contribution in [0.2, 0.25) is 0 Å². The van der Waals surface area contributed by atoms with Crippen LogP contribution in [0, 0.1) is 5.92 Å². The van der Waals surface area contributed by atoms with Gasteiger partial charge in [-0.3, -0.25) is 9.59 Å². The highest BCUT2D eigenvalue weighted by molar-refractivity contribution is 5.98. The molecule has 0 bridgehead atoms. The van der Waals surface area contributed by atoms with Gasteiger partial charge in [-0.1, -0.05) is 38.0 Å². The Bertz CT molecular complexity index is 689. The van der Waals surface area contributed by atoms with Crippen LogP contribution in [0.3, 0.4) is 0 Å². The van der Waals surface area contributed by atoms with E-state index in [1.54, 1.807) is 6.20 Å². The molecule has 3 rings (SSSR count). The summed E-state index contributed by atoms with van der Waals surface area (Å²) in [5.74, 6) is 0.571. The van der Waals surface area contributed by atoms with Crippen LogP contribution >= 0.6 is 0 Å². The van der Waals surface area contributed by atoms with Gasteiger partial charge in [0, 0.05) is 28.7 Å². The molecular formula is C18H22N2O2. The number of nitrogens with zero attached hydrogens (tertiary/aromatic N) is 1. The zero-order valence-corrected chi connectivity index (χ0v) is 12.9. The maximum atomic E-state index is 12.3. The molecular weight excluding hydrogens is 276 g/mol. The van der Waals surface area contributed by atoms with E-state index < -0.39 is 0 Å². The van der Waals surface area contributed by atoms with Gasteiger partial charge in [0.2, 0.25) is 5.91 Å². The van der Waals surface area contributed by atoms with Crippen LogP contribution in [0.25, 0.3) is 10.9 Å². The predicted molar refractivity (Wildman–Crippen MR) is 86.9 cm³/mol. The number of aromatic nitrogens is 1. The molecule has 0 saturated heterocycles. The number of rotatable bonds is 4. The number of carbonyl (C=O) groups is 2. The Labute approximate surface area is 130 Å². The van der Waals surface area contributed by atoms with Crippen LogP contribution in [0.5, 0.6) is 0 Å². The lowest BCUT2D eigenvalue weighted by Gasteiger charge is -2.29. The summed E-state index contributed by atoms with van der Waals surface area (Å²) in [5.41, 5.74) is 1.56. The average Bonchev–Trinajstić information content (AvgIpc) is 2.88. The third-order valence-corrected chi connectivity index (χ3v) is 4.72. The van der Waals surface area contributed by atoms with Crippen molar-refractivity contribution in [3.05, 3.63) is 36.0 Å². The van der Waals surface area contributed by atoms with Gasteiger partial charge in [0.25, 0.3) is 0 Å². The number of benzene rings is 1. The van der Waals surface area contributed by atoms with E-state index >= 15 is 0 Å². The lowest BCUT2D eigenvalue weighted by Crippen LogP contribution is -2.42. The summed E-state index contributed by atoms with van der Waals surface area (Å²) in [6, 6.07) is 7.97. The number of para-hydroxylation sites is 1. The molecule has 0 radical (unpaired) electrons. The van der Waals surface area contributed by atoms with E-state index in [0.717, 1.165) is 23.6 Å². The molecule has 4 nitrogen and oxygen atoms in total. The molecule has 116 valence electrons. The predicted octanol–water partition coefficient (Wildman–Crippen LogP) is 3.15. The summed E-state index contributed by atoms with van der Waals surface area (Å²) < 4.78 is 1.86. The molecule has 1 heterocycles. The second-order valence-corrected chi connectivity index (χ2v) is 6.28. The fraction of sp³-hybridized carbons (Fsp3) is 0.444. The topological polar surface area (TPSA) is 51.1 Å². The molecule has 2 unspecified atom stereocenters. The lowest BCUT2D eigenvalue weighted by molar-refractivity contribution is -0.122. The van der Waals surface area contributed by atoms with Gasteiger partial charge in [-0.05, 0) is 24.8 Å². The summed E-state index contributed by atoms with van der Waals surface area (Å²) in [6.07, 6.45) is 7.32. The summed E-state index contributed by atoms with van der Waals surface area (Å²) in [5, 5.41) is 4.06. The molecule has 22 heavy (non-hydrogen) atoms. The number of hydrogen-bond acceptors (Lipinski definition) is 2. The number of amides is 1. The maximum absolute atomic E-state index is 12.3.